The lowest BCUT2D eigenvalue weighted by molar-refractivity contribution is -0.145. The van der Waals surface area contributed by atoms with E-state index in [4.69, 9.17) is 4.74 Å². The topological polar surface area (TPSA) is 152 Å². The van der Waals surface area contributed by atoms with Crippen LogP contribution in [0, 0.1) is 17.8 Å². The van der Waals surface area contributed by atoms with Gasteiger partial charge in [-0.1, -0.05) is 75.7 Å². The third-order valence-electron chi connectivity index (χ3n) is 12.1. The molecule has 2 saturated heterocycles. The Morgan fingerprint density at radius 1 is 0.941 bits per heavy atom. The Morgan fingerprint density at radius 3 is 2.33 bits per heavy atom. The van der Waals surface area contributed by atoms with Gasteiger partial charge in [0.2, 0.25) is 11.8 Å². The normalized spacial score (nSPS) is 35.7. The molecule has 3 aliphatic heterocycles. The number of allylic oxidation sites excluding steroid dienone is 2. The number of carboxylic acid groups (broad SMARTS) is 1. The summed E-state index contributed by atoms with van der Waals surface area (Å²) in [4.78, 5) is 55.8. The first-order valence-corrected chi connectivity index (χ1v) is 20.0. The molecule has 0 radical (unpaired) electrons. The molecular weight excluding hydrogens is 648 g/mol. The lowest BCUT2D eigenvalue weighted by atomic mass is 9.81. The van der Waals surface area contributed by atoms with E-state index in [0.29, 0.717) is 37.5 Å². The molecule has 0 bridgehead atoms. The van der Waals surface area contributed by atoms with Crippen LogP contribution in [0.25, 0.3) is 0 Å². The largest absolute Gasteiger partial charge is 0.479 e. The summed E-state index contributed by atoms with van der Waals surface area (Å²) < 4.78 is 5.55. The molecule has 3 saturated carbocycles. The highest BCUT2D eigenvalue weighted by molar-refractivity contribution is 5.96. The molecule has 3 amide bonds. The van der Waals surface area contributed by atoms with Gasteiger partial charge in [0.1, 0.15) is 23.2 Å². The van der Waals surface area contributed by atoms with Gasteiger partial charge in [-0.25, -0.2) is 20.4 Å². The summed E-state index contributed by atoms with van der Waals surface area (Å²) in [6, 6.07) is -1.74. The molecule has 12 nitrogen and oxygen atoms in total. The first-order chi connectivity index (χ1) is 24.4. The van der Waals surface area contributed by atoms with E-state index in [1.165, 1.54) is 64.2 Å². The van der Waals surface area contributed by atoms with Crippen LogP contribution in [0.2, 0.25) is 0 Å². The predicted octanol–water partition coefficient (Wildman–Crippen LogP) is 5.11. The number of rotatable bonds is 6. The average molecular weight is 711 g/mol. The van der Waals surface area contributed by atoms with Crippen molar-refractivity contribution >= 4 is 23.9 Å². The molecule has 51 heavy (non-hydrogen) atoms. The molecule has 0 aromatic heterocycles. The van der Waals surface area contributed by atoms with Crippen LogP contribution < -0.4 is 21.5 Å². The van der Waals surface area contributed by atoms with Gasteiger partial charge in [-0.05, 0) is 90.4 Å². The number of ether oxygens (including phenoxy) is 1. The minimum absolute atomic E-state index is 0.0912. The van der Waals surface area contributed by atoms with Gasteiger partial charge in [0.15, 0.2) is 0 Å². The van der Waals surface area contributed by atoms with Gasteiger partial charge in [-0.3, -0.25) is 9.59 Å². The minimum atomic E-state index is -1.38. The van der Waals surface area contributed by atoms with Crippen LogP contribution in [0.4, 0.5) is 4.79 Å². The number of aliphatic carboxylic acids is 1. The number of nitrogens with zero attached hydrogens (tertiary/aromatic N) is 2. The van der Waals surface area contributed by atoms with Crippen molar-refractivity contribution in [2.75, 3.05) is 6.54 Å². The molecule has 3 aliphatic carbocycles. The molecule has 0 spiro atoms. The molecule has 3 heterocycles. The standard InChI is InChI=1S/C39H62N6O6/c1-38(2,3)51-37(50)40-31-20-14-6-4-5-13-19-28-24-39(28,36(48)49)41-34(46)32-23-29(25-44(32)35(31)47)45-42-30(22-21-26-15-9-7-10-16-26)33(43-45)27-17-11-8-12-18-27/h13,19,21-22,26-33,42-43H,4-12,14-18,20,23-25H2,1-3H3,(H,40,50)(H,41,46)(H,48,49)/b19-13-,22-21+/t28-,29+,30?,31+,32+,33?,39-/m1/s1. The second-order valence-corrected chi connectivity index (χ2v) is 17.1. The monoisotopic (exact) mass is 710 g/mol. The molecule has 6 aliphatic rings. The second kappa shape index (κ2) is 16.4. The highest BCUT2D eigenvalue weighted by atomic mass is 16.6. The van der Waals surface area contributed by atoms with E-state index in [1.807, 2.05) is 17.3 Å². The zero-order valence-electron chi connectivity index (χ0n) is 31.0. The fourth-order valence-corrected chi connectivity index (χ4v) is 9.10. The van der Waals surface area contributed by atoms with Crippen molar-refractivity contribution in [2.45, 2.75) is 171 Å². The summed E-state index contributed by atoms with van der Waals surface area (Å²) >= 11 is 0. The number of hydrogen-bond acceptors (Lipinski definition) is 8. The lowest BCUT2D eigenvalue weighted by Crippen LogP contribution is -2.56. The van der Waals surface area contributed by atoms with E-state index >= 15 is 0 Å². The van der Waals surface area contributed by atoms with Crippen molar-refractivity contribution in [3.8, 4) is 0 Å². The molecule has 2 unspecified atom stereocenters. The molecule has 0 aromatic carbocycles. The van der Waals surface area contributed by atoms with Crippen molar-refractivity contribution in [2.24, 2.45) is 17.8 Å². The maximum absolute atomic E-state index is 14.5. The summed E-state index contributed by atoms with van der Waals surface area (Å²) in [6.45, 7) is 5.59. The number of amides is 3. The predicted molar refractivity (Wildman–Crippen MR) is 194 cm³/mol. The van der Waals surface area contributed by atoms with Crippen LogP contribution in [-0.2, 0) is 19.1 Å². The molecule has 5 N–H and O–H groups in total. The molecule has 12 heteroatoms. The number of nitrogens with one attached hydrogen (secondary N) is 4. The van der Waals surface area contributed by atoms with Gasteiger partial charge in [-0.2, -0.15) is 5.12 Å². The smallest absolute Gasteiger partial charge is 0.408 e. The third-order valence-corrected chi connectivity index (χ3v) is 12.1. The molecule has 284 valence electrons. The highest BCUT2D eigenvalue weighted by Crippen LogP contribution is 2.45. The van der Waals surface area contributed by atoms with E-state index < -0.39 is 41.2 Å². The van der Waals surface area contributed by atoms with Crippen molar-refractivity contribution < 1.29 is 29.0 Å². The quantitative estimate of drug-likeness (QED) is 0.237. The van der Waals surface area contributed by atoms with Crippen molar-refractivity contribution in [1.82, 2.24) is 31.5 Å². The number of carboxylic acids is 1. The van der Waals surface area contributed by atoms with Crippen LogP contribution in [0.5, 0.6) is 0 Å². The fourth-order valence-electron chi connectivity index (χ4n) is 9.10. The first kappa shape index (κ1) is 37.8. The maximum atomic E-state index is 14.5. The fraction of sp³-hybridized carbons (Fsp3) is 0.795. The van der Waals surface area contributed by atoms with Crippen LogP contribution >= 0.6 is 0 Å². The van der Waals surface area contributed by atoms with Crippen LogP contribution in [0.15, 0.2) is 24.3 Å². The van der Waals surface area contributed by atoms with Gasteiger partial charge in [-0.15, -0.1) is 0 Å². The van der Waals surface area contributed by atoms with Crippen LogP contribution in [-0.4, -0.2) is 86.9 Å². The van der Waals surface area contributed by atoms with E-state index in [9.17, 15) is 24.3 Å². The number of carbonyl (C=O) groups is 4. The molecular formula is C39H62N6O6. The van der Waals surface area contributed by atoms with E-state index in [0.717, 1.165) is 19.3 Å². The summed E-state index contributed by atoms with van der Waals surface area (Å²) in [5, 5.41) is 18.0. The summed E-state index contributed by atoms with van der Waals surface area (Å²) in [7, 11) is 0. The Bertz CT molecular complexity index is 1320. The summed E-state index contributed by atoms with van der Waals surface area (Å²) in [5.74, 6) is -1.03. The zero-order chi connectivity index (χ0) is 36.2. The number of hydrogen-bond donors (Lipinski definition) is 5. The van der Waals surface area contributed by atoms with Crippen molar-refractivity contribution in [1.29, 1.82) is 0 Å². The molecule has 7 atom stereocenters. The summed E-state index contributed by atoms with van der Waals surface area (Å²) in [5.41, 5.74) is 5.43. The van der Waals surface area contributed by atoms with Gasteiger partial charge in [0, 0.05) is 18.5 Å². The van der Waals surface area contributed by atoms with Crippen LogP contribution in [0.1, 0.15) is 130 Å². The number of hydrazine groups is 2. The van der Waals surface area contributed by atoms with Gasteiger partial charge < -0.3 is 25.4 Å². The molecule has 6 rings (SSSR count). The SMILES string of the molecule is CC(C)(C)OC(=O)N[C@H]1CCCCC/C=C\[C@@H]2C[C@@]2(C(=O)O)NC(=O)[C@@H]2C[C@H](N3NC(/C=C/C4CCCCC4)C(C4CCCCC4)N3)CN2C1=O. The number of carbonyl (C=O) groups excluding carboxylic acids is 3. The highest BCUT2D eigenvalue weighted by Gasteiger charge is 2.61. The zero-order valence-corrected chi connectivity index (χ0v) is 31.0. The molecule has 5 fully saturated rings. The van der Waals surface area contributed by atoms with Crippen LogP contribution in [0.3, 0.4) is 0 Å². The molecule has 0 aromatic rings. The second-order valence-electron chi connectivity index (χ2n) is 17.1. The Labute approximate surface area is 303 Å². The van der Waals surface area contributed by atoms with Crippen molar-refractivity contribution in [3.05, 3.63) is 24.3 Å². The van der Waals surface area contributed by atoms with E-state index in [1.54, 1.807) is 25.7 Å². The van der Waals surface area contributed by atoms with Crippen molar-refractivity contribution in [3.63, 3.8) is 0 Å². The number of alkyl carbamates (subject to hydrolysis) is 1. The Kier molecular flexibility index (Phi) is 12.1. The van der Waals surface area contributed by atoms with Gasteiger partial charge >= 0.3 is 12.1 Å². The Hall–Kier alpha value is -2.96. The Morgan fingerprint density at radius 2 is 1.63 bits per heavy atom. The van der Waals surface area contributed by atoms with Gasteiger partial charge in [0.25, 0.3) is 0 Å². The minimum Gasteiger partial charge on any atom is -0.479 e. The maximum Gasteiger partial charge on any atom is 0.408 e. The van der Waals surface area contributed by atoms with E-state index in [2.05, 4.69) is 33.6 Å². The van der Waals surface area contributed by atoms with Gasteiger partial charge in [0.05, 0.1) is 12.1 Å². The number of fused-ring (bicyclic) bond motifs is 2. The third kappa shape index (κ3) is 9.35. The van der Waals surface area contributed by atoms with E-state index in [-0.39, 0.29) is 36.5 Å². The average Bonchev–Trinajstić information content (AvgIpc) is 3.40. The first-order valence-electron chi connectivity index (χ1n) is 20.0. The summed E-state index contributed by atoms with van der Waals surface area (Å²) in [6.07, 6.45) is 24.7. The lowest BCUT2D eigenvalue weighted by Gasteiger charge is -2.31. The Balaban J connectivity index is 1.25.